The van der Waals surface area contributed by atoms with E-state index < -0.39 is 0 Å². The van der Waals surface area contributed by atoms with Crippen LogP contribution >= 0.6 is 0 Å². The summed E-state index contributed by atoms with van der Waals surface area (Å²) in [5.41, 5.74) is 1.02. The first-order valence-electron chi connectivity index (χ1n) is 5.21. The van der Waals surface area contributed by atoms with E-state index in [4.69, 9.17) is 0 Å². The zero-order valence-electron chi connectivity index (χ0n) is 9.77. The van der Waals surface area contributed by atoms with Crippen molar-refractivity contribution in [1.82, 2.24) is 9.97 Å². The van der Waals surface area contributed by atoms with E-state index >= 15 is 0 Å². The molecule has 0 saturated heterocycles. The summed E-state index contributed by atoms with van der Waals surface area (Å²) < 4.78 is 0. The molecule has 0 aliphatic rings. The number of hydrogen-bond acceptors (Lipinski definition) is 4. The summed E-state index contributed by atoms with van der Waals surface area (Å²) in [6.45, 7) is 5.59. The minimum Gasteiger partial charge on any atom is -0.504 e. The highest BCUT2D eigenvalue weighted by Crippen LogP contribution is 2.08. The largest absolute Gasteiger partial charge is 0.504 e. The lowest BCUT2D eigenvalue weighted by Crippen LogP contribution is -2.00. The van der Waals surface area contributed by atoms with Crippen LogP contribution in [0.4, 0.5) is 0 Å². The zero-order valence-corrected chi connectivity index (χ0v) is 9.77. The first-order chi connectivity index (χ1) is 7.49. The van der Waals surface area contributed by atoms with Gasteiger partial charge in [0.05, 0.1) is 0 Å². The van der Waals surface area contributed by atoms with Gasteiger partial charge in [-0.25, -0.2) is 9.97 Å². The predicted octanol–water partition coefficient (Wildman–Crippen LogP) is 2.16. The van der Waals surface area contributed by atoms with Crippen LogP contribution in [0, 0.1) is 5.92 Å². The number of ketones is 1. The van der Waals surface area contributed by atoms with Crippen molar-refractivity contribution in [3.8, 4) is 0 Å². The van der Waals surface area contributed by atoms with Crippen LogP contribution in [0.25, 0.3) is 5.76 Å². The van der Waals surface area contributed by atoms with Gasteiger partial charge in [-0.3, -0.25) is 4.79 Å². The number of aliphatic hydroxyl groups excluding tert-OH is 1. The first kappa shape index (κ1) is 12.4. The third kappa shape index (κ3) is 3.81. The van der Waals surface area contributed by atoms with Gasteiger partial charge in [0, 0.05) is 18.5 Å². The number of allylic oxidation sites excluding steroid dienone is 1. The minimum atomic E-state index is -0.229. The summed E-state index contributed by atoms with van der Waals surface area (Å²) >= 11 is 0. The number of carbonyl (C=O) groups excluding carboxylic acids is 1. The monoisotopic (exact) mass is 220 g/mol. The van der Waals surface area contributed by atoms with E-state index in [1.807, 2.05) is 0 Å². The third-order valence-corrected chi connectivity index (χ3v) is 1.92. The van der Waals surface area contributed by atoms with Crippen molar-refractivity contribution in [3.63, 3.8) is 0 Å². The van der Waals surface area contributed by atoms with Crippen molar-refractivity contribution in [2.45, 2.75) is 27.2 Å². The van der Waals surface area contributed by atoms with E-state index in [2.05, 4.69) is 23.8 Å². The fourth-order valence-corrected chi connectivity index (χ4v) is 1.32. The summed E-state index contributed by atoms with van der Waals surface area (Å²) in [7, 11) is 0. The van der Waals surface area contributed by atoms with Gasteiger partial charge in [0.2, 0.25) is 0 Å². The highest BCUT2D eigenvalue weighted by atomic mass is 16.3. The smallest absolute Gasteiger partial charge is 0.194 e. The number of rotatable bonds is 4. The Morgan fingerprint density at radius 1 is 1.44 bits per heavy atom. The van der Waals surface area contributed by atoms with Gasteiger partial charge in [0.25, 0.3) is 0 Å². The Morgan fingerprint density at radius 2 is 2.00 bits per heavy atom. The van der Waals surface area contributed by atoms with Crippen LogP contribution in [0.2, 0.25) is 0 Å². The van der Waals surface area contributed by atoms with E-state index in [0.29, 0.717) is 5.92 Å². The van der Waals surface area contributed by atoms with Gasteiger partial charge in [-0.15, -0.1) is 0 Å². The molecule has 16 heavy (non-hydrogen) atoms. The molecule has 0 fully saturated rings. The van der Waals surface area contributed by atoms with Gasteiger partial charge in [-0.1, -0.05) is 13.8 Å². The number of carbonyl (C=O) groups is 1. The normalized spacial score (nSPS) is 11.9. The molecule has 0 aliphatic carbocycles. The molecule has 4 heteroatoms. The van der Waals surface area contributed by atoms with Gasteiger partial charge in [0.15, 0.2) is 17.4 Å². The quantitative estimate of drug-likeness (QED) is 0.624. The van der Waals surface area contributed by atoms with Gasteiger partial charge in [0.1, 0.15) is 0 Å². The molecule has 1 rings (SSSR count). The van der Waals surface area contributed by atoms with Gasteiger partial charge in [-0.05, 0) is 24.8 Å². The van der Waals surface area contributed by atoms with E-state index in [1.54, 1.807) is 12.4 Å². The van der Waals surface area contributed by atoms with Crippen LogP contribution in [-0.4, -0.2) is 20.9 Å². The van der Waals surface area contributed by atoms with Crippen molar-refractivity contribution in [2.75, 3.05) is 0 Å². The fourth-order valence-electron chi connectivity index (χ4n) is 1.32. The van der Waals surface area contributed by atoms with Gasteiger partial charge in [-0.2, -0.15) is 0 Å². The average molecular weight is 220 g/mol. The molecule has 1 heterocycles. The molecule has 1 aromatic rings. The molecule has 0 bridgehead atoms. The Bertz CT molecular complexity index is 394. The molecule has 0 amide bonds. The van der Waals surface area contributed by atoms with Crippen molar-refractivity contribution in [3.05, 3.63) is 29.9 Å². The molecule has 1 N–H and O–H groups in total. The molecule has 0 saturated carbocycles. The van der Waals surface area contributed by atoms with E-state index in [-0.39, 0.29) is 17.4 Å². The van der Waals surface area contributed by atoms with Crippen molar-refractivity contribution in [1.29, 1.82) is 0 Å². The second-order valence-electron chi connectivity index (χ2n) is 4.15. The van der Waals surface area contributed by atoms with Gasteiger partial charge < -0.3 is 5.11 Å². The van der Waals surface area contributed by atoms with Crippen molar-refractivity contribution >= 4 is 11.5 Å². The molecule has 0 spiro atoms. The summed E-state index contributed by atoms with van der Waals surface area (Å²) in [5.74, 6) is 0.300. The Morgan fingerprint density at radius 3 is 2.44 bits per heavy atom. The van der Waals surface area contributed by atoms with E-state index in [9.17, 15) is 9.90 Å². The standard InChI is InChI=1S/C12H16N2O2/c1-8(2)4-10-6-13-12(14-7-10)11(16)5-9(3)15/h5-8,16H,4H2,1-3H3. The molecular weight excluding hydrogens is 204 g/mol. The van der Waals surface area contributed by atoms with Crippen molar-refractivity contribution < 1.29 is 9.90 Å². The SMILES string of the molecule is CC(=O)C=C(O)c1ncc(CC(C)C)cn1. The Kier molecular flexibility index (Phi) is 4.17. The summed E-state index contributed by atoms with van der Waals surface area (Å²) in [5, 5.41) is 9.48. The van der Waals surface area contributed by atoms with E-state index in [1.165, 1.54) is 6.92 Å². The molecule has 0 radical (unpaired) electrons. The van der Waals surface area contributed by atoms with E-state index in [0.717, 1.165) is 18.1 Å². The maximum Gasteiger partial charge on any atom is 0.194 e. The average Bonchev–Trinajstić information content (AvgIpc) is 2.16. The number of aromatic nitrogens is 2. The summed E-state index contributed by atoms with van der Waals surface area (Å²) in [6, 6.07) is 0. The lowest BCUT2D eigenvalue weighted by atomic mass is 10.1. The summed E-state index contributed by atoms with van der Waals surface area (Å²) in [4.78, 5) is 18.8. The fraction of sp³-hybridized carbons (Fsp3) is 0.417. The maximum absolute atomic E-state index is 10.7. The van der Waals surface area contributed by atoms with Crippen LogP contribution in [0.15, 0.2) is 18.5 Å². The third-order valence-electron chi connectivity index (χ3n) is 1.92. The first-order valence-corrected chi connectivity index (χ1v) is 5.21. The maximum atomic E-state index is 10.7. The Hall–Kier alpha value is -1.71. The van der Waals surface area contributed by atoms with Crippen LogP contribution in [0.5, 0.6) is 0 Å². The highest BCUT2D eigenvalue weighted by molar-refractivity contribution is 5.92. The minimum absolute atomic E-state index is 0.183. The number of hydrogen-bond donors (Lipinski definition) is 1. The second-order valence-corrected chi connectivity index (χ2v) is 4.15. The van der Waals surface area contributed by atoms with Crippen molar-refractivity contribution in [2.24, 2.45) is 5.92 Å². The number of nitrogens with zero attached hydrogens (tertiary/aromatic N) is 2. The van der Waals surface area contributed by atoms with Crippen LogP contribution in [-0.2, 0) is 11.2 Å². The second kappa shape index (κ2) is 5.39. The lowest BCUT2D eigenvalue weighted by Gasteiger charge is -2.04. The Labute approximate surface area is 95.1 Å². The molecular formula is C12H16N2O2. The molecule has 0 aliphatic heterocycles. The van der Waals surface area contributed by atoms with Crippen LogP contribution < -0.4 is 0 Å². The Balaban J connectivity index is 2.82. The number of aliphatic hydroxyl groups is 1. The predicted molar refractivity (Wildman–Crippen MR) is 61.9 cm³/mol. The topological polar surface area (TPSA) is 63.1 Å². The molecule has 4 nitrogen and oxygen atoms in total. The molecule has 1 aromatic heterocycles. The summed E-state index contributed by atoms with van der Waals surface area (Å²) in [6.07, 6.45) is 5.36. The van der Waals surface area contributed by atoms with Crippen LogP contribution in [0.3, 0.4) is 0 Å². The molecule has 0 aromatic carbocycles. The molecule has 86 valence electrons. The lowest BCUT2D eigenvalue weighted by molar-refractivity contribution is -0.112. The van der Waals surface area contributed by atoms with Crippen LogP contribution in [0.1, 0.15) is 32.2 Å². The highest BCUT2D eigenvalue weighted by Gasteiger charge is 2.04. The molecule has 0 atom stereocenters. The van der Waals surface area contributed by atoms with Gasteiger partial charge >= 0.3 is 0 Å². The zero-order chi connectivity index (χ0) is 12.1. The molecule has 0 unspecified atom stereocenters.